The van der Waals surface area contributed by atoms with Crippen LogP contribution < -0.4 is 10.0 Å². The average Bonchev–Trinajstić information content (AvgIpc) is 2.28. The molecule has 1 aromatic carbocycles. The second-order valence-corrected chi connectivity index (χ2v) is 5.66. The van der Waals surface area contributed by atoms with Crippen LogP contribution in [-0.2, 0) is 19.6 Å². The Morgan fingerprint density at radius 1 is 1.21 bits per heavy atom. The number of sulfonamides is 1. The van der Waals surface area contributed by atoms with Gasteiger partial charge in [0.05, 0.1) is 12.1 Å². The van der Waals surface area contributed by atoms with Crippen LogP contribution in [0.5, 0.6) is 0 Å². The van der Waals surface area contributed by atoms with Crippen LogP contribution in [0.4, 0.5) is 5.69 Å². The molecule has 6 nitrogen and oxygen atoms in total. The topological polar surface area (TPSA) is 92.3 Å². The maximum Gasteiger partial charge on any atom is 0.242 e. The highest BCUT2D eigenvalue weighted by Gasteiger charge is 2.18. The standard InChI is InChI=1S/C12H16N2O4S/c1-3-13-19(17,18)11-7-5-4-6-10(11)14-12(16)8-9(2)15/h4-7,13H,3,8H2,1-2H3,(H,14,16). The van der Waals surface area contributed by atoms with Gasteiger partial charge in [-0.2, -0.15) is 0 Å². The lowest BCUT2D eigenvalue weighted by Crippen LogP contribution is -2.25. The zero-order valence-electron chi connectivity index (χ0n) is 10.8. The summed E-state index contributed by atoms with van der Waals surface area (Å²) in [4.78, 5) is 22.3. The molecule has 1 rings (SSSR count). The Labute approximate surface area is 112 Å². The summed E-state index contributed by atoms with van der Waals surface area (Å²) in [6, 6.07) is 6.03. The summed E-state index contributed by atoms with van der Waals surface area (Å²) in [5.41, 5.74) is 0.162. The monoisotopic (exact) mass is 284 g/mol. The molecule has 19 heavy (non-hydrogen) atoms. The zero-order valence-corrected chi connectivity index (χ0v) is 11.6. The fraction of sp³-hybridized carbons (Fsp3) is 0.333. The minimum atomic E-state index is -3.66. The fourth-order valence-electron chi connectivity index (χ4n) is 1.49. The molecule has 0 heterocycles. The van der Waals surface area contributed by atoms with Crippen molar-refractivity contribution in [1.82, 2.24) is 4.72 Å². The number of carbonyl (C=O) groups excluding carboxylic acids is 2. The summed E-state index contributed by atoms with van der Waals surface area (Å²) in [7, 11) is -3.66. The summed E-state index contributed by atoms with van der Waals surface area (Å²) in [5, 5.41) is 2.43. The number of rotatable bonds is 6. The maximum atomic E-state index is 11.9. The van der Waals surface area contributed by atoms with E-state index < -0.39 is 15.9 Å². The summed E-state index contributed by atoms with van der Waals surface area (Å²) < 4.78 is 26.2. The van der Waals surface area contributed by atoms with Gasteiger partial charge < -0.3 is 5.32 Å². The average molecular weight is 284 g/mol. The Morgan fingerprint density at radius 2 is 1.84 bits per heavy atom. The van der Waals surface area contributed by atoms with Crippen LogP contribution in [0.1, 0.15) is 20.3 Å². The Bertz CT molecular complexity index is 581. The van der Waals surface area contributed by atoms with Crippen LogP contribution in [0.2, 0.25) is 0 Å². The van der Waals surface area contributed by atoms with E-state index in [4.69, 9.17) is 0 Å². The number of hydrogen-bond acceptors (Lipinski definition) is 4. The largest absolute Gasteiger partial charge is 0.324 e. The second-order valence-electron chi connectivity index (χ2n) is 3.92. The highest BCUT2D eigenvalue weighted by Crippen LogP contribution is 2.20. The van der Waals surface area contributed by atoms with Gasteiger partial charge >= 0.3 is 0 Å². The molecule has 0 bridgehead atoms. The summed E-state index contributed by atoms with van der Waals surface area (Å²) in [5.74, 6) is -0.823. The third kappa shape index (κ3) is 4.46. The summed E-state index contributed by atoms with van der Waals surface area (Å²) >= 11 is 0. The van der Waals surface area contributed by atoms with Gasteiger partial charge in [-0.15, -0.1) is 0 Å². The molecule has 0 aliphatic heterocycles. The van der Waals surface area contributed by atoms with Crippen LogP contribution in [0.3, 0.4) is 0 Å². The SMILES string of the molecule is CCNS(=O)(=O)c1ccccc1NC(=O)CC(C)=O. The smallest absolute Gasteiger partial charge is 0.242 e. The lowest BCUT2D eigenvalue weighted by molar-refractivity contribution is -0.124. The molecule has 7 heteroatoms. The number of hydrogen-bond donors (Lipinski definition) is 2. The minimum absolute atomic E-state index is 0.0197. The summed E-state index contributed by atoms with van der Waals surface area (Å²) in [6.45, 7) is 3.20. The number of ketones is 1. The molecule has 104 valence electrons. The number of benzene rings is 1. The van der Waals surface area contributed by atoms with Gasteiger partial charge in [0.15, 0.2) is 0 Å². The van der Waals surface area contributed by atoms with E-state index in [9.17, 15) is 18.0 Å². The van der Waals surface area contributed by atoms with E-state index >= 15 is 0 Å². The first-order valence-electron chi connectivity index (χ1n) is 5.74. The van der Waals surface area contributed by atoms with Crippen LogP contribution in [0.25, 0.3) is 0 Å². The lowest BCUT2D eigenvalue weighted by atomic mass is 10.2. The molecule has 0 spiro atoms. The number of amides is 1. The number of anilines is 1. The van der Waals surface area contributed by atoms with Crippen molar-refractivity contribution in [1.29, 1.82) is 0 Å². The number of nitrogens with one attached hydrogen (secondary N) is 2. The van der Waals surface area contributed by atoms with Crippen molar-refractivity contribution in [3.8, 4) is 0 Å². The molecule has 0 saturated carbocycles. The van der Waals surface area contributed by atoms with E-state index in [1.807, 2.05) is 0 Å². The van der Waals surface area contributed by atoms with E-state index in [1.165, 1.54) is 19.1 Å². The fourth-order valence-corrected chi connectivity index (χ4v) is 2.69. The maximum absolute atomic E-state index is 11.9. The van der Waals surface area contributed by atoms with Gasteiger partial charge in [0, 0.05) is 6.54 Å². The van der Waals surface area contributed by atoms with Crippen LogP contribution in [0, 0.1) is 0 Å². The molecular formula is C12H16N2O4S. The Morgan fingerprint density at radius 3 is 2.42 bits per heavy atom. The number of Topliss-reactive ketones (excluding diaryl/α,β-unsaturated/α-hetero) is 1. The molecule has 0 aromatic heterocycles. The first-order chi connectivity index (χ1) is 8.86. The quantitative estimate of drug-likeness (QED) is 0.759. The Balaban J connectivity index is 3.03. The molecule has 0 atom stereocenters. The molecule has 2 N–H and O–H groups in total. The van der Waals surface area contributed by atoms with Crippen LogP contribution >= 0.6 is 0 Å². The van der Waals surface area contributed by atoms with Crippen molar-refractivity contribution >= 4 is 27.4 Å². The van der Waals surface area contributed by atoms with Gasteiger partial charge in [-0.1, -0.05) is 19.1 Å². The highest BCUT2D eigenvalue weighted by molar-refractivity contribution is 7.89. The van der Waals surface area contributed by atoms with E-state index in [0.29, 0.717) is 0 Å². The first-order valence-corrected chi connectivity index (χ1v) is 7.23. The molecule has 0 saturated heterocycles. The van der Waals surface area contributed by atoms with Crippen molar-refractivity contribution in [2.75, 3.05) is 11.9 Å². The second kappa shape index (κ2) is 6.44. The predicted molar refractivity (Wildman–Crippen MR) is 71.2 cm³/mol. The Hall–Kier alpha value is -1.73. The molecule has 0 fully saturated rings. The summed E-state index contributed by atoms with van der Waals surface area (Å²) in [6.07, 6.45) is -0.282. The van der Waals surface area contributed by atoms with E-state index in [1.54, 1.807) is 19.1 Å². The molecule has 0 unspecified atom stereocenters. The molecule has 0 aliphatic carbocycles. The number of carbonyl (C=O) groups is 2. The lowest BCUT2D eigenvalue weighted by Gasteiger charge is -2.11. The third-order valence-corrected chi connectivity index (χ3v) is 3.80. The van der Waals surface area contributed by atoms with E-state index in [-0.39, 0.29) is 29.3 Å². The van der Waals surface area contributed by atoms with Crippen LogP contribution in [-0.4, -0.2) is 26.7 Å². The molecule has 0 radical (unpaired) electrons. The molecular weight excluding hydrogens is 268 g/mol. The van der Waals surface area contributed by atoms with Crippen LogP contribution in [0.15, 0.2) is 29.2 Å². The van der Waals surface area contributed by atoms with Gasteiger partial charge in [-0.25, -0.2) is 13.1 Å². The molecule has 1 aromatic rings. The van der Waals surface area contributed by atoms with Crippen molar-refractivity contribution in [2.24, 2.45) is 0 Å². The number of para-hydroxylation sites is 1. The Kier molecular flexibility index (Phi) is 5.20. The van der Waals surface area contributed by atoms with Crippen molar-refractivity contribution < 1.29 is 18.0 Å². The van der Waals surface area contributed by atoms with Crippen molar-refractivity contribution in [2.45, 2.75) is 25.2 Å². The van der Waals surface area contributed by atoms with E-state index in [2.05, 4.69) is 10.0 Å². The van der Waals surface area contributed by atoms with Gasteiger partial charge in [0.2, 0.25) is 15.9 Å². The third-order valence-electron chi connectivity index (χ3n) is 2.19. The molecule has 0 aliphatic rings. The first kappa shape index (κ1) is 15.3. The predicted octanol–water partition coefficient (Wildman–Crippen LogP) is 0.902. The molecule has 1 amide bonds. The minimum Gasteiger partial charge on any atom is -0.324 e. The normalized spacial score (nSPS) is 11.1. The van der Waals surface area contributed by atoms with Gasteiger partial charge in [-0.3, -0.25) is 9.59 Å². The van der Waals surface area contributed by atoms with Gasteiger partial charge in [-0.05, 0) is 19.1 Å². The van der Waals surface area contributed by atoms with Gasteiger partial charge in [0.1, 0.15) is 10.7 Å². The van der Waals surface area contributed by atoms with Crippen molar-refractivity contribution in [3.05, 3.63) is 24.3 Å². The zero-order chi connectivity index (χ0) is 14.5. The van der Waals surface area contributed by atoms with E-state index in [0.717, 1.165) is 0 Å². The highest BCUT2D eigenvalue weighted by atomic mass is 32.2. The van der Waals surface area contributed by atoms with Gasteiger partial charge in [0.25, 0.3) is 0 Å². The van der Waals surface area contributed by atoms with Crippen molar-refractivity contribution in [3.63, 3.8) is 0 Å².